The summed E-state index contributed by atoms with van der Waals surface area (Å²) in [7, 11) is 0. The Kier molecular flexibility index (Phi) is 6.14. The van der Waals surface area contributed by atoms with Crippen LogP contribution in [0.3, 0.4) is 0 Å². The molecule has 0 radical (unpaired) electrons. The average molecular weight is 437 g/mol. The summed E-state index contributed by atoms with van der Waals surface area (Å²) in [4.78, 5) is 4.52. The SMILES string of the molecule is Cc1ccc([C@@H](c2nnnn2C[C@H]2CCCO2)N2CCN(c3ccccc3F)CC2)cc1. The lowest BCUT2D eigenvalue weighted by atomic mass is 10.0. The largest absolute Gasteiger partial charge is 0.376 e. The zero-order valence-electron chi connectivity index (χ0n) is 18.4. The highest BCUT2D eigenvalue weighted by atomic mass is 19.1. The number of rotatable bonds is 6. The third kappa shape index (κ3) is 4.38. The van der Waals surface area contributed by atoms with Crippen LogP contribution in [0, 0.1) is 12.7 Å². The Balaban J connectivity index is 1.40. The van der Waals surface area contributed by atoms with Gasteiger partial charge in [0.2, 0.25) is 0 Å². The fourth-order valence-electron chi connectivity index (χ4n) is 4.72. The van der Waals surface area contributed by atoms with Crippen molar-refractivity contribution in [1.82, 2.24) is 25.1 Å². The molecule has 5 rings (SSSR count). The Labute approximate surface area is 187 Å². The molecule has 2 aromatic carbocycles. The fraction of sp³-hybridized carbons (Fsp3) is 0.458. The van der Waals surface area contributed by atoms with E-state index in [1.165, 1.54) is 17.2 Å². The summed E-state index contributed by atoms with van der Waals surface area (Å²) in [5.74, 6) is 0.667. The molecule has 3 heterocycles. The zero-order valence-corrected chi connectivity index (χ0v) is 18.4. The van der Waals surface area contributed by atoms with Crippen LogP contribution in [0.2, 0.25) is 0 Å². The van der Waals surface area contributed by atoms with Gasteiger partial charge in [-0.2, -0.15) is 0 Å². The van der Waals surface area contributed by atoms with Crippen molar-refractivity contribution < 1.29 is 9.13 Å². The zero-order chi connectivity index (χ0) is 21.9. The number of benzene rings is 2. The molecule has 8 heteroatoms. The van der Waals surface area contributed by atoms with Crippen LogP contribution in [0.5, 0.6) is 0 Å². The Hall–Kier alpha value is -2.84. The van der Waals surface area contributed by atoms with Crippen LogP contribution in [0.1, 0.15) is 35.8 Å². The van der Waals surface area contributed by atoms with E-state index in [9.17, 15) is 4.39 Å². The van der Waals surface area contributed by atoms with Gasteiger partial charge in [0.1, 0.15) is 5.82 Å². The summed E-state index contributed by atoms with van der Waals surface area (Å²) in [6, 6.07) is 15.5. The van der Waals surface area contributed by atoms with E-state index in [4.69, 9.17) is 4.74 Å². The molecule has 168 valence electrons. The topological polar surface area (TPSA) is 59.3 Å². The van der Waals surface area contributed by atoms with Gasteiger partial charge in [-0.3, -0.25) is 4.90 Å². The van der Waals surface area contributed by atoms with Crippen molar-refractivity contribution in [2.45, 2.75) is 38.5 Å². The van der Waals surface area contributed by atoms with Crippen molar-refractivity contribution in [2.24, 2.45) is 0 Å². The predicted octanol–water partition coefficient (Wildman–Crippen LogP) is 3.21. The van der Waals surface area contributed by atoms with Gasteiger partial charge in [-0.05, 0) is 47.9 Å². The number of tetrazole rings is 1. The van der Waals surface area contributed by atoms with Crippen molar-refractivity contribution in [3.05, 3.63) is 71.3 Å². The second kappa shape index (κ2) is 9.34. The van der Waals surface area contributed by atoms with Gasteiger partial charge in [0.15, 0.2) is 5.82 Å². The molecule has 1 aromatic heterocycles. The number of halogens is 1. The van der Waals surface area contributed by atoms with Crippen LogP contribution >= 0.6 is 0 Å². The molecule has 2 atom stereocenters. The minimum Gasteiger partial charge on any atom is -0.376 e. The summed E-state index contributed by atoms with van der Waals surface area (Å²) >= 11 is 0. The first-order valence-corrected chi connectivity index (χ1v) is 11.4. The molecule has 0 saturated carbocycles. The van der Waals surface area contributed by atoms with Crippen LogP contribution in [0.4, 0.5) is 10.1 Å². The van der Waals surface area contributed by atoms with Crippen LogP contribution in [-0.2, 0) is 11.3 Å². The molecule has 3 aromatic rings. The maximum Gasteiger partial charge on any atom is 0.173 e. The third-order valence-electron chi connectivity index (χ3n) is 6.47. The van der Waals surface area contributed by atoms with E-state index in [0.29, 0.717) is 12.2 Å². The first-order valence-electron chi connectivity index (χ1n) is 11.4. The summed E-state index contributed by atoms with van der Waals surface area (Å²) in [6.45, 7) is 6.64. The van der Waals surface area contributed by atoms with E-state index in [0.717, 1.165) is 51.5 Å². The first-order chi connectivity index (χ1) is 15.7. The average Bonchev–Trinajstić information content (AvgIpc) is 3.49. The fourth-order valence-corrected chi connectivity index (χ4v) is 4.72. The molecular formula is C24H29FN6O. The van der Waals surface area contributed by atoms with Gasteiger partial charge in [0.05, 0.1) is 24.4 Å². The Morgan fingerprint density at radius 1 is 1.06 bits per heavy atom. The maximum absolute atomic E-state index is 14.3. The minimum atomic E-state index is -0.170. The standard InChI is InChI=1S/C24H29FN6O/c1-18-8-10-19(11-9-18)23(24-26-27-28-31(24)17-20-5-4-16-32-20)30-14-12-29(13-15-30)22-7-3-2-6-21(22)25/h2-3,6-11,20,23H,4-5,12-17H2,1H3/t20-,23+/m1/s1. The molecule has 0 amide bonds. The second-order valence-corrected chi connectivity index (χ2v) is 8.64. The lowest BCUT2D eigenvalue weighted by molar-refractivity contribution is 0.0906. The van der Waals surface area contributed by atoms with Gasteiger partial charge in [-0.25, -0.2) is 9.07 Å². The van der Waals surface area contributed by atoms with Crippen LogP contribution < -0.4 is 4.90 Å². The summed E-state index contributed by atoms with van der Waals surface area (Å²) in [5, 5.41) is 12.8. The number of piperazine rings is 1. The highest BCUT2D eigenvalue weighted by Crippen LogP contribution is 2.30. The molecule has 2 aliphatic rings. The molecule has 0 aliphatic carbocycles. The van der Waals surface area contributed by atoms with E-state index >= 15 is 0 Å². The number of hydrogen-bond donors (Lipinski definition) is 0. The first kappa shape index (κ1) is 21.0. The number of ether oxygens (including phenoxy) is 1. The van der Waals surface area contributed by atoms with Gasteiger partial charge in [-0.15, -0.1) is 5.10 Å². The summed E-state index contributed by atoms with van der Waals surface area (Å²) in [5.41, 5.74) is 3.05. The van der Waals surface area contributed by atoms with E-state index in [-0.39, 0.29) is 18.0 Å². The lowest BCUT2D eigenvalue weighted by Crippen LogP contribution is -2.48. The number of anilines is 1. The van der Waals surface area contributed by atoms with Gasteiger partial charge >= 0.3 is 0 Å². The van der Waals surface area contributed by atoms with Gasteiger partial charge in [-0.1, -0.05) is 42.0 Å². The molecule has 2 fully saturated rings. The molecule has 2 saturated heterocycles. The number of aromatic nitrogens is 4. The molecule has 32 heavy (non-hydrogen) atoms. The monoisotopic (exact) mass is 436 g/mol. The minimum absolute atomic E-state index is 0.0604. The highest BCUT2D eigenvalue weighted by molar-refractivity contribution is 5.48. The number of para-hydroxylation sites is 1. The number of aryl methyl sites for hydroxylation is 1. The molecule has 0 unspecified atom stereocenters. The maximum atomic E-state index is 14.3. The van der Waals surface area contributed by atoms with Gasteiger partial charge in [0.25, 0.3) is 0 Å². The highest BCUT2D eigenvalue weighted by Gasteiger charge is 2.32. The van der Waals surface area contributed by atoms with E-state index in [1.807, 2.05) is 16.8 Å². The smallest absolute Gasteiger partial charge is 0.173 e. The van der Waals surface area contributed by atoms with E-state index in [1.54, 1.807) is 6.07 Å². The van der Waals surface area contributed by atoms with Gasteiger partial charge in [0, 0.05) is 32.8 Å². The van der Waals surface area contributed by atoms with E-state index < -0.39 is 0 Å². The van der Waals surface area contributed by atoms with Crippen molar-refractivity contribution in [3.8, 4) is 0 Å². The number of nitrogens with zero attached hydrogens (tertiary/aromatic N) is 6. The molecule has 0 N–H and O–H groups in total. The Bertz CT molecular complexity index is 1020. The molecule has 0 spiro atoms. The Morgan fingerprint density at radius 2 is 1.84 bits per heavy atom. The van der Waals surface area contributed by atoms with Crippen LogP contribution in [0.15, 0.2) is 48.5 Å². The molecule has 0 bridgehead atoms. The second-order valence-electron chi connectivity index (χ2n) is 8.64. The quantitative estimate of drug-likeness (QED) is 0.592. The molecular weight excluding hydrogens is 407 g/mol. The van der Waals surface area contributed by atoms with Crippen LogP contribution in [-0.4, -0.2) is 64.0 Å². The van der Waals surface area contributed by atoms with Crippen LogP contribution in [0.25, 0.3) is 0 Å². The van der Waals surface area contributed by atoms with Crippen molar-refractivity contribution in [1.29, 1.82) is 0 Å². The van der Waals surface area contributed by atoms with Crippen molar-refractivity contribution >= 4 is 5.69 Å². The molecule has 2 aliphatic heterocycles. The molecule has 7 nitrogen and oxygen atoms in total. The van der Waals surface area contributed by atoms with Gasteiger partial charge < -0.3 is 9.64 Å². The normalized spacial score (nSPS) is 20.6. The summed E-state index contributed by atoms with van der Waals surface area (Å²) < 4.78 is 22.0. The lowest BCUT2D eigenvalue weighted by Gasteiger charge is -2.40. The van der Waals surface area contributed by atoms with E-state index in [2.05, 4.69) is 56.5 Å². The van der Waals surface area contributed by atoms with Crippen molar-refractivity contribution in [3.63, 3.8) is 0 Å². The summed E-state index contributed by atoms with van der Waals surface area (Å²) in [6.07, 6.45) is 2.28. The third-order valence-corrected chi connectivity index (χ3v) is 6.47. The van der Waals surface area contributed by atoms with Crippen molar-refractivity contribution in [2.75, 3.05) is 37.7 Å². The number of hydrogen-bond acceptors (Lipinski definition) is 6. The Morgan fingerprint density at radius 3 is 2.56 bits per heavy atom. The predicted molar refractivity (Wildman–Crippen MR) is 120 cm³/mol.